The Bertz CT molecular complexity index is 1220. The number of aromatic nitrogens is 4. The topological polar surface area (TPSA) is 126 Å². The number of ether oxygens (including phenoxy) is 2. The van der Waals surface area contributed by atoms with Crippen LogP contribution in [0.2, 0.25) is 0 Å². The zero-order valence-electron chi connectivity index (χ0n) is 21.3. The van der Waals surface area contributed by atoms with Crippen LogP contribution in [0.25, 0.3) is 0 Å². The Hall–Kier alpha value is -3.47. The van der Waals surface area contributed by atoms with Crippen LogP contribution in [0.3, 0.4) is 0 Å². The monoisotopic (exact) mass is 579 g/mol. The maximum absolute atomic E-state index is 13.4. The number of carbonyl (C=O) groups is 1. The number of alkyl halides is 6. The number of anilines is 2. The quantitative estimate of drug-likeness (QED) is 0.431. The predicted molar refractivity (Wildman–Crippen MR) is 127 cm³/mol. The first kappa shape index (κ1) is 29.5. The number of piperidine rings is 1. The molecule has 2 aliphatic heterocycles. The molecule has 2 saturated heterocycles. The lowest BCUT2D eigenvalue weighted by Crippen LogP contribution is -2.47. The molecule has 2 atom stereocenters. The van der Waals surface area contributed by atoms with Crippen molar-refractivity contribution in [2.75, 3.05) is 50.2 Å². The van der Waals surface area contributed by atoms with Crippen molar-refractivity contribution in [1.29, 1.82) is 0 Å². The molecular formula is C23H27F6N7O4. The Morgan fingerprint density at radius 3 is 2.27 bits per heavy atom. The smallest absolute Gasteiger partial charge is 0.382 e. The van der Waals surface area contributed by atoms with E-state index in [9.17, 15) is 35.9 Å². The Balaban J connectivity index is 1.31. The maximum atomic E-state index is 13.4. The van der Waals surface area contributed by atoms with Gasteiger partial charge in [-0.15, -0.1) is 0 Å². The number of aromatic amines is 1. The van der Waals surface area contributed by atoms with Gasteiger partial charge in [0.05, 0.1) is 36.7 Å². The number of methoxy groups -OCH3 is 1. The number of rotatable bonds is 9. The summed E-state index contributed by atoms with van der Waals surface area (Å²) >= 11 is 0. The van der Waals surface area contributed by atoms with Crippen molar-refractivity contribution in [1.82, 2.24) is 25.1 Å². The van der Waals surface area contributed by atoms with Gasteiger partial charge in [0.1, 0.15) is 11.7 Å². The summed E-state index contributed by atoms with van der Waals surface area (Å²) in [5, 5.41) is 7.77. The molecule has 17 heteroatoms. The van der Waals surface area contributed by atoms with Crippen LogP contribution in [-0.4, -0.2) is 89.1 Å². The van der Waals surface area contributed by atoms with E-state index in [-0.39, 0.29) is 31.1 Å². The summed E-state index contributed by atoms with van der Waals surface area (Å²) in [4.78, 5) is 35.9. The predicted octanol–water partition coefficient (Wildman–Crippen LogP) is 2.31. The minimum absolute atomic E-state index is 0.0702. The summed E-state index contributed by atoms with van der Waals surface area (Å²) < 4.78 is 89.2. The molecule has 0 aliphatic carbocycles. The fraction of sp³-hybridized carbons (Fsp3) is 0.609. The summed E-state index contributed by atoms with van der Waals surface area (Å²) in [6, 6.07) is -0.931. The fourth-order valence-electron chi connectivity index (χ4n) is 4.77. The van der Waals surface area contributed by atoms with Gasteiger partial charge in [-0.3, -0.25) is 9.59 Å². The molecular weight excluding hydrogens is 552 g/mol. The molecule has 0 spiro atoms. The third-order valence-electron chi connectivity index (χ3n) is 6.71. The normalized spacial score (nSPS) is 19.8. The summed E-state index contributed by atoms with van der Waals surface area (Å²) in [5.41, 5.74) is -4.30. The van der Waals surface area contributed by atoms with E-state index in [4.69, 9.17) is 9.47 Å². The van der Waals surface area contributed by atoms with Gasteiger partial charge in [-0.2, -0.15) is 31.4 Å². The molecule has 1 amide bonds. The molecule has 0 radical (unpaired) electrons. The number of halogens is 6. The average molecular weight is 580 g/mol. The number of hydrogen-bond donors (Lipinski definition) is 2. The number of likely N-dealkylation sites (tertiary alicyclic amines) is 1. The van der Waals surface area contributed by atoms with Crippen molar-refractivity contribution in [2.45, 2.75) is 49.8 Å². The number of nitrogens with zero attached hydrogens (tertiary/aromatic N) is 5. The molecule has 2 N–H and O–H groups in total. The van der Waals surface area contributed by atoms with Crippen molar-refractivity contribution < 1.29 is 40.6 Å². The van der Waals surface area contributed by atoms with Gasteiger partial charge in [0, 0.05) is 51.6 Å². The Kier molecular flexibility index (Phi) is 8.82. The highest BCUT2D eigenvalue weighted by atomic mass is 19.4. The van der Waals surface area contributed by atoms with Crippen LogP contribution < -0.4 is 15.8 Å². The minimum atomic E-state index is -4.92. The standard InChI is InChI=1S/C23H27F6N7O4/c1-39-11-14(33-16-10-32-34-19(37)18(16)23(27,28)29)12-40-17-4-7-36(20(17)38)15-2-5-35(6-3-15)21-30-8-13(9-31-21)22(24,25)26/h8-10,14-15,17H,2-7,11-12H2,1H3,(H2,33,34,37)/t14-,17+/m0/s1. The highest BCUT2D eigenvalue weighted by Crippen LogP contribution is 2.32. The van der Waals surface area contributed by atoms with Crippen LogP contribution in [0, 0.1) is 0 Å². The van der Waals surface area contributed by atoms with Crippen LogP contribution >= 0.6 is 0 Å². The third kappa shape index (κ3) is 6.80. The molecule has 2 aliphatic rings. The maximum Gasteiger partial charge on any atom is 0.423 e. The van der Waals surface area contributed by atoms with Crippen molar-refractivity contribution in [3.8, 4) is 0 Å². The molecule has 0 unspecified atom stereocenters. The Morgan fingerprint density at radius 2 is 1.68 bits per heavy atom. The summed E-state index contributed by atoms with van der Waals surface area (Å²) in [5.74, 6) is -0.0735. The van der Waals surface area contributed by atoms with Gasteiger partial charge in [-0.25, -0.2) is 15.1 Å². The molecule has 40 heavy (non-hydrogen) atoms. The summed E-state index contributed by atoms with van der Waals surface area (Å²) in [6.07, 6.45) is -6.46. The van der Waals surface area contributed by atoms with E-state index in [1.54, 1.807) is 14.9 Å². The van der Waals surface area contributed by atoms with Crippen LogP contribution in [0.1, 0.15) is 30.4 Å². The molecule has 2 aromatic rings. The second kappa shape index (κ2) is 12.0. The second-order valence-corrected chi connectivity index (χ2v) is 9.41. The van der Waals surface area contributed by atoms with Gasteiger partial charge in [-0.1, -0.05) is 0 Å². The molecule has 11 nitrogen and oxygen atoms in total. The fourth-order valence-corrected chi connectivity index (χ4v) is 4.77. The highest BCUT2D eigenvalue weighted by Gasteiger charge is 2.40. The van der Waals surface area contributed by atoms with Crippen LogP contribution in [0.4, 0.5) is 38.0 Å². The molecule has 0 aromatic carbocycles. The van der Waals surface area contributed by atoms with E-state index >= 15 is 0 Å². The number of carbonyl (C=O) groups excluding carboxylic acids is 1. The van der Waals surface area contributed by atoms with Gasteiger partial charge in [0.2, 0.25) is 5.95 Å². The van der Waals surface area contributed by atoms with E-state index in [2.05, 4.69) is 20.4 Å². The Morgan fingerprint density at radius 1 is 1.00 bits per heavy atom. The SMILES string of the molecule is COC[C@@H](CO[C@@H]1CCN(C2CCN(c3ncc(C(F)(F)F)cn3)CC2)C1=O)Nc1cn[nH]c(=O)c1C(F)(F)F. The van der Waals surface area contributed by atoms with Crippen LogP contribution in [0.5, 0.6) is 0 Å². The first-order valence-electron chi connectivity index (χ1n) is 12.3. The lowest BCUT2D eigenvalue weighted by molar-refractivity contribution is -0.140. The number of hydrogen-bond acceptors (Lipinski definition) is 9. The van der Waals surface area contributed by atoms with Gasteiger partial charge in [0.15, 0.2) is 0 Å². The van der Waals surface area contributed by atoms with Crippen LogP contribution in [-0.2, 0) is 26.6 Å². The van der Waals surface area contributed by atoms with E-state index in [1.807, 2.05) is 0 Å². The molecule has 220 valence electrons. The van der Waals surface area contributed by atoms with E-state index in [0.29, 0.717) is 38.9 Å². The number of H-pyrrole nitrogens is 1. The summed E-state index contributed by atoms with van der Waals surface area (Å²) in [6.45, 7) is 1.06. The first-order valence-corrected chi connectivity index (χ1v) is 12.3. The molecule has 4 rings (SSSR count). The van der Waals surface area contributed by atoms with Crippen LogP contribution in [0.15, 0.2) is 23.4 Å². The zero-order chi connectivity index (χ0) is 29.1. The second-order valence-electron chi connectivity index (χ2n) is 9.41. The Labute approximate surface area is 223 Å². The zero-order valence-corrected chi connectivity index (χ0v) is 21.3. The number of nitrogens with one attached hydrogen (secondary N) is 2. The van der Waals surface area contributed by atoms with E-state index < -0.39 is 46.9 Å². The van der Waals surface area contributed by atoms with Gasteiger partial charge >= 0.3 is 12.4 Å². The highest BCUT2D eigenvalue weighted by molar-refractivity contribution is 5.83. The molecule has 0 saturated carbocycles. The van der Waals surface area contributed by atoms with Crippen molar-refractivity contribution >= 4 is 17.5 Å². The molecule has 0 bridgehead atoms. The van der Waals surface area contributed by atoms with E-state index in [0.717, 1.165) is 18.6 Å². The van der Waals surface area contributed by atoms with Crippen molar-refractivity contribution in [3.63, 3.8) is 0 Å². The van der Waals surface area contributed by atoms with E-state index in [1.165, 1.54) is 7.11 Å². The lowest BCUT2D eigenvalue weighted by Gasteiger charge is -2.36. The summed E-state index contributed by atoms with van der Waals surface area (Å²) in [7, 11) is 1.35. The van der Waals surface area contributed by atoms with Crippen molar-refractivity contribution in [3.05, 3.63) is 40.1 Å². The first-order chi connectivity index (χ1) is 18.9. The molecule has 4 heterocycles. The van der Waals surface area contributed by atoms with Crippen molar-refractivity contribution in [2.24, 2.45) is 0 Å². The average Bonchev–Trinajstić information content (AvgIpc) is 3.26. The van der Waals surface area contributed by atoms with Gasteiger partial charge in [-0.05, 0) is 12.8 Å². The third-order valence-corrected chi connectivity index (χ3v) is 6.71. The minimum Gasteiger partial charge on any atom is -0.382 e. The molecule has 2 aromatic heterocycles. The molecule has 2 fully saturated rings. The van der Waals surface area contributed by atoms with Gasteiger partial charge < -0.3 is 24.6 Å². The lowest BCUT2D eigenvalue weighted by atomic mass is 10.0. The van der Waals surface area contributed by atoms with Gasteiger partial charge in [0.25, 0.3) is 11.5 Å². The number of amides is 1. The largest absolute Gasteiger partial charge is 0.423 e.